The minimum atomic E-state index is -5.01. The molecule has 2 aromatic carbocycles. The first-order chi connectivity index (χ1) is 17.4. The normalized spacial score (nSPS) is 24.5. The highest BCUT2D eigenvalue weighted by molar-refractivity contribution is 7.89. The van der Waals surface area contributed by atoms with Crippen molar-refractivity contribution in [3.05, 3.63) is 59.7 Å². The Morgan fingerprint density at radius 3 is 2.46 bits per heavy atom. The van der Waals surface area contributed by atoms with Gasteiger partial charge in [-0.2, -0.15) is 8.78 Å². The van der Waals surface area contributed by atoms with Gasteiger partial charge in [0.15, 0.2) is 0 Å². The van der Waals surface area contributed by atoms with Crippen molar-refractivity contribution in [2.24, 2.45) is 11.3 Å². The second kappa shape index (κ2) is 9.06. The number of nitrogens with one attached hydrogen (secondary N) is 1. The van der Waals surface area contributed by atoms with Gasteiger partial charge in [-0.25, -0.2) is 21.9 Å². The Hall–Kier alpha value is -2.50. The highest BCUT2D eigenvalue weighted by Gasteiger charge is 2.63. The van der Waals surface area contributed by atoms with Crippen LogP contribution in [0.1, 0.15) is 38.2 Å². The number of hydrogen-bond acceptors (Lipinski definition) is 4. The van der Waals surface area contributed by atoms with Crippen LogP contribution in [0, 0.1) is 23.0 Å². The molecule has 0 aromatic heterocycles. The number of amides is 1. The van der Waals surface area contributed by atoms with E-state index in [1.54, 1.807) is 12.1 Å². The number of carbonyl (C=O) groups excluding carboxylic acids is 1. The average Bonchev–Trinajstić information content (AvgIpc) is 3.75. The molecule has 1 aliphatic heterocycles. The van der Waals surface area contributed by atoms with Crippen molar-refractivity contribution in [2.75, 3.05) is 6.54 Å². The molecule has 3 unspecified atom stereocenters. The second-order valence-corrected chi connectivity index (χ2v) is 12.4. The van der Waals surface area contributed by atoms with Crippen molar-refractivity contribution in [1.82, 2.24) is 9.62 Å². The van der Waals surface area contributed by atoms with Gasteiger partial charge in [0, 0.05) is 23.6 Å². The van der Waals surface area contributed by atoms with Gasteiger partial charge in [-0.15, -0.1) is 0 Å². The standard InChI is InChI=1S/C26H28F4N2O4S/c1-25(34,17-8-9-17)23(33)32-14-26(10-11-26)22(31-37(35,36)24(29)30)20(32)13-16-5-3-7-19(21(16)28)15-4-2-6-18(27)12-15/h2-7,12,17,20,22,24,31,34H,8-11,13-14H2,1H3. The van der Waals surface area contributed by atoms with E-state index in [0.29, 0.717) is 31.2 Å². The number of nitrogens with zero attached hydrogens (tertiary/aromatic N) is 1. The van der Waals surface area contributed by atoms with Gasteiger partial charge in [0.1, 0.15) is 17.2 Å². The lowest BCUT2D eigenvalue weighted by molar-refractivity contribution is -0.153. The summed E-state index contributed by atoms with van der Waals surface area (Å²) < 4.78 is 82.7. The van der Waals surface area contributed by atoms with E-state index in [0.717, 1.165) is 0 Å². The molecule has 37 heavy (non-hydrogen) atoms. The molecule has 3 aliphatic rings. The first kappa shape index (κ1) is 26.1. The third-order valence-electron chi connectivity index (χ3n) is 8.06. The van der Waals surface area contributed by atoms with E-state index in [1.165, 1.54) is 42.2 Å². The van der Waals surface area contributed by atoms with Crippen LogP contribution in [0.2, 0.25) is 0 Å². The van der Waals surface area contributed by atoms with Gasteiger partial charge in [-0.3, -0.25) is 4.79 Å². The van der Waals surface area contributed by atoms with Crippen molar-refractivity contribution in [3.8, 4) is 11.1 Å². The second-order valence-electron chi connectivity index (χ2n) is 10.7. The summed E-state index contributed by atoms with van der Waals surface area (Å²) in [7, 11) is -5.01. The van der Waals surface area contributed by atoms with E-state index < -0.39 is 56.4 Å². The summed E-state index contributed by atoms with van der Waals surface area (Å²) in [5, 5.41) is 11.0. The molecule has 11 heteroatoms. The van der Waals surface area contributed by atoms with Crippen LogP contribution in [0.5, 0.6) is 0 Å². The van der Waals surface area contributed by atoms with Crippen molar-refractivity contribution < 1.29 is 35.9 Å². The maximum Gasteiger partial charge on any atom is 0.350 e. The third kappa shape index (κ3) is 4.77. The summed E-state index contributed by atoms with van der Waals surface area (Å²) in [6.07, 6.45) is 2.14. The van der Waals surface area contributed by atoms with Crippen LogP contribution >= 0.6 is 0 Å². The van der Waals surface area contributed by atoms with Crippen molar-refractivity contribution in [1.29, 1.82) is 0 Å². The largest absolute Gasteiger partial charge is 0.380 e. The molecule has 6 nitrogen and oxygen atoms in total. The van der Waals surface area contributed by atoms with Crippen LogP contribution in [0.15, 0.2) is 42.5 Å². The molecule has 2 saturated carbocycles. The van der Waals surface area contributed by atoms with Crippen LogP contribution in [0.4, 0.5) is 17.6 Å². The van der Waals surface area contributed by atoms with E-state index in [1.807, 2.05) is 0 Å². The molecule has 1 heterocycles. The SMILES string of the molecule is CC(O)(C(=O)N1CC2(CC2)C(NS(=O)(=O)C(F)F)C1Cc1cccc(-c2cccc(F)c2)c1F)C1CC1. The minimum Gasteiger partial charge on any atom is -0.380 e. The van der Waals surface area contributed by atoms with Crippen LogP contribution in [0.25, 0.3) is 11.1 Å². The predicted molar refractivity (Wildman–Crippen MR) is 128 cm³/mol. The molecule has 5 rings (SSSR count). The first-order valence-electron chi connectivity index (χ1n) is 12.2. The number of rotatable bonds is 8. The monoisotopic (exact) mass is 540 g/mol. The molecule has 3 atom stereocenters. The van der Waals surface area contributed by atoms with Crippen LogP contribution < -0.4 is 4.72 Å². The molecule has 1 saturated heterocycles. The molecule has 2 aliphatic carbocycles. The Kier molecular flexibility index (Phi) is 6.39. The van der Waals surface area contributed by atoms with Gasteiger partial charge in [-0.05, 0) is 68.2 Å². The lowest BCUT2D eigenvalue weighted by Gasteiger charge is -2.34. The lowest BCUT2D eigenvalue weighted by Crippen LogP contribution is -2.55. The van der Waals surface area contributed by atoms with Crippen molar-refractivity contribution in [2.45, 2.75) is 62.5 Å². The smallest absolute Gasteiger partial charge is 0.350 e. The van der Waals surface area contributed by atoms with Gasteiger partial charge < -0.3 is 10.0 Å². The Labute approximate surface area is 212 Å². The summed E-state index contributed by atoms with van der Waals surface area (Å²) in [5.41, 5.74) is -1.94. The number of carbonyl (C=O) groups is 1. The van der Waals surface area contributed by atoms with E-state index in [2.05, 4.69) is 4.72 Å². The maximum atomic E-state index is 15.7. The zero-order valence-electron chi connectivity index (χ0n) is 20.1. The van der Waals surface area contributed by atoms with Gasteiger partial charge in [0.05, 0.1) is 6.04 Å². The van der Waals surface area contributed by atoms with E-state index in [-0.39, 0.29) is 30.0 Å². The molecule has 0 bridgehead atoms. The Morgan fingerprint density at radius 2 is 1.86 bits per heavy atom. The molecule has 3 fully saturated rings. The van der Waals surface area contributed by atoms with Gasteiger partial charge in [0.25, 0.3) is 15.9 Å². The van der Waals surface area contributed by atoms with E-state index in [9.17, 15) is 31.5 Å². The van der Waals surface area contributed by atoms with Crippen LogP contribution in [-0.2, 0) is 21.2 Å². The lowest BCUT2D eigenvalue weighted by atomic mass is 9.91. The molecule has 2 aromatic rings. The highest BCUT2D eigenvalue weighted by Crippen LogP contribution is 2.56. The van der Waals surface area contributed by atoms with Crippen molar-refractivity contribution >= 4 is 15.9 Å². The molecule has 1 spiro atoms. The zero-order valence-corrected chi connectivity index (χ0v) is 20.9. The van der Waals surface area contributed by atoms with Gasteiger partial charge in [-0.1, -0.05) is 30.3 Å². The minimum absolute atomic E-state index is 0.0704. The maximum absolute atomic E-state index is 15.7. The quantitative estimate of drug-likeness (QED) is 0.499. The molecule has 1 amide bonds. The summed E-state index contributed by atoms with van der Waals surface area (Å²) in [5.74, 6) is -5.76. The highest BCUT2D eigenvalue weighted by atomic mass is 32.2. The van der Waals surface area contributed by atoms with E-state index in [4.69, 9.17) is 0 Å². The fourth-order valence-electron chi connectivity index (χ4n) is 5.61. The van der Waals surface area contributed by atoms with Crippen LogP contribution in [-0.4, -0.2) is 54.3 Å². The molecular formula is C26H28F4N2O4S. The fourth-order valence-corrected chi connectivity index (χ4v) is 6.47. The average molecular weight is 541 g/mol. The zero-order chi connectivity index (χ0) is 26.8. The Morgan fingerprint density at radius 1 is 1.19 bits per heavy atom. The third-order valence-corrected chi connectivity index (χ3v) is 9.11. The number of hydrogen-bond donors (Lipinski definition) is 2. The molecular weight excluding hydrogens is 512 g/mol. The summed E-state index contributed by atoms with van der Waals surface area (Å²) in [6, 6.07) is 7.81. The topological polar surface area (TPSA) is 86.7 Å². The van der Waals surface area contributed by atoms with Gasteiger partial charge >= 0.3 is 5.76 Å². The van der Waals surface area contributed by atoms with E-state index >= 15 is 4.39 Å². The number of halogens is 4. The summed E-state index contributed by atoms with van der Waals surface area (Å²) in [6.45, 7) is 1.48. The Bertz CT molecular complexity index is 1330. The first-order valence-corrected chi connectivity index (χ1v) is 13.8. The summed E-state index contributed by atoms with van der Waals surface area (Å²) >= 11 is 0. The number of likely N-dealkylation sites (tertiary alicyclic amines) is 1. The predicted octanol–water partition coefficient (Wildman–Crippen LogP) is 3.84. The molecule has 2 N–H and O–H groups in total. The van der Waals surface area contributed by atoms with Crippen LogP contribution in [0.3, 0.4) is 0 Å². The Balaban J connectivity index is 1.54. The summed E-state index contributed by atoms with van der Waals surface area (Å²) in [4.78, 5) is 14.9. The number of benzene rings is 2. The number of sulfonamides is 1. The van der Waals surface area contributed by atoms with Gasteiger partial charge in [0.2, 0.25) is 0 Å². The fraction of sp³-hybridized carbons (Fsp3) is 0.500. The molecule has 200 valence electrons. The molecule has 0 radical (unpaired) electrons. The number of alkyl halides is 2. The number of aliphatic hydroxyl groups is 1. The van der Waals surface area contributed by atoms with Crippen molar-refractivity contribution in [3.63, 3.8) is 0 Å².